The van der Waals surface area contributed by atoms with E-state index in [2.05, 4.69) is 35.5 Å². The number of anilines is 2. The second-order valence-corrected chi connectivity index (χ2v) is 10.5. The van der Waals surface area contributed by atoms with Gasteiger partial charge in [-0.25, -0.2) is 0 Å². The van der Waals surface area contributed by atoms with Gasteiger partial charge in [-0.2, -0.15) is 0 Å². The van der Waals surface area contributed by atoms with Gasteiger partial charge in [0.25, 0.3) is 0 Å². The summed E-state index contributed by atoms with van der Waals surface area (Å²) in [6.45, 7) is 0. The van der Waals surface area contributed by atoms with Crippen LogP contribution in [0, 0.1) is 35.5 Å². The lowest BCUT2D eigenvalue weighted by Crippen LogP contribution is -2.00. The molecule has 48 heavy (non-hydrogen) atoms. The lowest BCUT2D eigenvalue weighted by Gasteiger charge is -2.17. The van der Waals surface area contributed by atoms with Gasteiger partial charge in [-0.3, -0.25) is 0 Å². The van der Waals surface area contributed by atoms with Crippen molar-refractivity contribution >= 4 is 11.4 Å². The molecule has 6 nitrogen and oxygen atoms in total. The van der Waals surface area contributed by atoms with Crippen LogP contribution in [0.3, 0.4) is 0 Å². The fourth-order valence-electron chi connectivity index (χ4n) is 4.55. The van der Waals surface area contributed by atoms with E-state index in [9.17, 15) is 10.2 Å². The number of nitrogens with two attached hydrogens (primary N) is 2. The Labute approximate surface area is 278 Å². The molecule has 6 aromatic rings. The summed E-state index contributed by atoms with van der Waals surface area (Å²) < 4.78 is 12.9. The lowest BCUT2D eigenvalue weighted by molar-refractivity contribution is 0.448. The van der Waals surface area contributed by atoms with E-state index in [1.807, 2.05) is 91.0 Å². The normalized spacial score (nSPS) is 9.92. The molecule has 6 N–H and O–H groups in total. The molecule has 0 atom stereocenters. The fourth-order valence-corrected chi connectivity index (χ4v) is 4.55. The number of aromatic hydroxyl groups is 2. The molecule has 0 fully saturated rings. The van der Waals surface area contributed by atoms with E-state index in [0.29, 0.717) is 39.7 Å². The first-order chi connectivity index (χ1) is 23.4. The largest absolute Gasteiger partial charge is 0.506 e. The summed E-state index contributed by atoms with van der Waals surface area (Å²) in [4.78, 5) is 0. The third-order valence-corrected chi connectivity index (χ3v) is 7.02. The topological polar surface area (TPSA) is 111 Å². The highest BCUT2D eigenvalue weighted by Crippen LogP contribution is 2.40. The summed E-state index contributed by atoms with van der Waals surface area (Å²) in [5, 5.41) is 20.8. The van der Waals surface area contributed by atoms with Crippen LogP contribution in [0.15, 0.2) is 133 Å². The molecule has 0 unspecified atom stereocenters. The number of rotatable bonds is 4. The molecule has 0 aromatic heterocycles. The van der Waals surface area contributed by atoms with Crippen molar-refractivity contribution < 1.29 is 19.7 Å². The monoisotopic (exact) mass is 624 g/mol. The first kappa shape index (κ1) is 30.8. The maximum Gasteiger partial charge on any atom is 0.160 e. The van der Waals surface area contributed by atoms with Gasteiger partial charge in [-0.15, -0.1) is 0 Å². The van der Waals surface area contributed by atoms with E-state index in [1.54, 1.807) is 30.3 Å². The molecule has 0 bridgehead atoms. The minimum atomic E-state index is -0.131. The second kappa shape index (κ2) is 14.3. The number of hydrogen-bond acceptors (Lipinski definition) is 6. The van der Waals surface area contributed by atoms with Crippen LogP contribution in [0.2, 0.25) is 0 Å². The van der Waals surface area contributed by atoms with Gasteiger partial charge in [-0.1, -0.05) is 90.1 Å². The molecule has 0 aliphatic rings. The van der Waals surface area contributed by atoms with Crippen LogP contribution >= 0.6 is 0 Å². The van der Waals surface area contributed by atoms with Crippen LogP contribution in [-0.2, 0) is 0 Å². The van der Waals surface area contributed by atoms with Gasteiger partial charge in [0, 0.05) is 34.9 Å². The van der Waals surface area contributed by atoms with E-state index in [0.717, 1.165) is 16.7 Å². The van der Waals surface area contributed by atoms with E-state index in [4.69, 9.17) is 20.9 Å². The zero-order valence-corrected chi connectivity index (χ0v) is 25.6. The first-order valence-electron chi connectivity index (χ1n) is 14.9. The number of phenolic OH excluding ortho intramolecular Hbond substituents is 2. The molecule has 0 saturated carbocycles. The number of hydrogen-bond donors (Lipinski definition) is 4. The number of ether oxygens (including phenoxy) is 2. The SMILES string of the molecule is Nc1ccc(Oc2cc(C#Cc3ccccc3)c(Oc3ccc(N)c(O)c3)c(C#Cc3ccccc3)c2C#Cc2ccccc2)cc1O. The van der Waals surface area contributed by atoms with Crippen molar-refractivity contribution in [3.63, 3.8) is 0 Å². The Morgan fingerprint density at radius 1 is 0.438 bits per heavy atom. The number of benzene rings is 6. The molecule has 0 aliphatic carbocycles. The maximum absolute atomic E-state index is 10.4. The van der Waals surface area contributed by atoms with Crippen LogP contribution < -0.4 is 20.9 Å². The van der Waals surface area contributed by atoms with Crippen LogP contribution in [0.5, 0.6) is 34.5 Å². The van der Waals surface area contributed by atoms with Gasteiger partial charge in [0.1, 0.15) is 28.7 Å². The van der Waals surface area contributed by atoms with Crippen LogP contribution in [-0.4, -0.2) is 10.2 Å². The van der Waals surface area contributed by atoms with Crippen molar-refractivity contribution in [2.75, 3.05) is 11.5 Å². The van der Waals surface area contributed by atoms with Crippen LogP contribution in [0.4, 0.5) is 11.4 Å². The second-order valence-electron chi connectivity index (χ2n) is 10.5. The van der Waals surface area contributed by atoms with E-state index in [-0.39, 0.29) is 22.9 Å². The molecule has 0 aliphatic heterocycles. The molecule has 6 heteroatoms. The van der Waals surface area contributed by atoms with Crippen molar-refractivity contribution in [3.8, 4) is 70.0 Å². The summed E-state index contributed by atoms with van der Waals surface area (Å²) >= 11 is 0. The molecule has 0 spiro atoms. The smallest absolute Gasteiger partial charge is 0.160 e. The predicted octanol–water partition coefficient (Wildman–Crippen LogP) is 8.05. The zero-order chi connectivity index (χ0) is 33.3. The van der Waals surface area contributed by atoms with Crippen molar-refractivity contribution in [1.29, 1.82) is 0 Å². The zero-order valence-electron chi connectivity index (χ0n) is 25.6. The quantitative estimate of drug-likeness (QED) is 0.0898. The molecule has 0 amide bonds. The Morgan fingerprint density at radius 2 is 0.875 bits per heavy atom. The van der Waals surface area contributed by atoms with Crippen LogP contribution in [0.1, 0.15) is 33.4 Å². The number of nitrogen functional groups attached to an aromatic ring is 2. The standard InChI is InChI=1S/C42H28N2O4/c43-37-24-20-33(27-39(37)45)47-41-26-32(19-16-29-10-4-1-5-11-29)42(48-34-21-25-38(44)40(46)28-34)36(23-18-31-14-8-3-9-15-31)35(41)22-17-30-12-6-2-7-13-30/h1-15,20-21,24-28,45-46H,43-44H2. The highest BCUT2D eigenvalue weighted by atomic mass is 16.5. The summed E-state index contributed by atoms with van der Waals surface area (Å²) in [5.41, 5.74) is 15.7. The summed E-state index contributed by atoms with van der Waals surface area (Å²) in [6.07, 6.45) is 0. The van der Waals surface area contributed by atoms with Crippen molar-refractivity contribution in [2.24, 2.45) is 0 Å². The Kier molecular flexibility index (Phi) is 9.16. The van der Waals surface area contributed by atoms with Crippen LogP contribution in [0.25, 0.3) is 0 Å². The van der Waals surface area contributed by atoms with Gasteiger partial charge >= 0.3 is 0 Å². The van der Waals surface area contributed by atoms with Gasteiger partial charge in [0.15, 0.2) is 5.75 Å². The molecule has 0 radical (unpaired) electrons. The number of phenols is 2. The molecular formula is C42H28N2O4. The van der Waals surface area contributed by atoms with Crippen molar-refractivity contribution in [3.05, 3.63) is 167 Å². The van der Waals surface area contributed by atoms with Crippen molar-refractivity contribution in [1.82, 2.24) is 0 Å². The Bertz CT molecular complexity index is 2290. The van der Waals surface area contributed by atoms with Crippen molar-refractivity contribution in [2.45, 2.75) is 0 Å². The lowest BCUT2D eigenvalue weighted by atomic mass is 9.99. The third-order valence-electron chi connectivity index (χ3n) is 7.02. The minimum Gasteiger partial charge on any atom is -0.506 e. The molecule has 0 heterocycles. The summed E-state index contributed by atoms with van der Waals surface area (Å²) in [6, 6.07) is 39.5. The van der Waals surface area contributed by atoms with Gasteiger partial charge < -0.3 is 31.2 Å². The highest BCUT2D eigenvalue weighted by Gasteiger charge is 2.20. The van der Waals surface area contributed by atoms with E-state index in [1.165, 1.54) is 12.1 Å². The average Bonchev–Trinajstić information content (AvgIpc) is 3.11. The van der Waals surface area contributed by atoms with E-state index >= 15 is 0 Å². The molecular weight excluding hydrogens is 596 g/mol. The summed E-state index contributed by atoms with van der Waals surface area (Å²) in [7, 11) is 0. The fraction of sp³-hybridized carbons (Fsp3) is 0. The maximum atomic E-state index is 10.4. The van der Waals surface area contributed by atoms with E-state index < -0.39 is 0 Å². The predicted molar refractivity (Wildman–Crippen MR) is 189 cm³/mol. The van der Waals surface area contributed by atoms with Gasteiger partial charge in [0.2, 0.25) is 0 Å². The Hall–Kier alpha value is -7.20. The molecule has 0 saturated heterocycles. The average molecular weight is 625 g/mol. The third kappa shape index (κ3) is 7.53. The molecule has 230 valence electrons. The summed E-state index contributed by atoms with van der Waals surface area (Å²) in [5.74, 6) is 20.4. The van der Waals surface area contributed by atoms with Gasteiger partial charge in [0.05, 0.1) is 28.1 Å². The Morgan fingerprint density at radius 3 is 1.35 bits per heavy atom. The minimum absolute atomic E-state index is 0.124. The first-order valence-corrected chi connectivity index (χ1v) is 14.9. The Balaban J connectivity index is 1.65. The van der Waals surface area contributed by atoms with Gasteiger partial charge in [-0.05, 0) is 60.7 Å². The molecule has 6 aromatic carbocycles. The highest BCUT2D eigenvalue weighted by molar-refractivity contribution is 5.72. The molecule has 6 rings (SSSR count).